The summed E-state index contributed by atoms with van der Waals surface area (Å²) < 4.78 is 0.660. The lowest BCUT2D eigenvalue weighted by Crippen LogP contribution is -2.16. The lowest BCUT2D eigenvalue weighted by Gasteiger charge is -2.08. The third-order valence-corrected chi connectivity index (χ3v) is 2.97. The van der Waals surface area contributed by atoms with E-state index in [-0.39, 0.29) is 16.9 Å². The average molecular weight is 336 g/mol. The predicted molar refractivity (Wildman–Crippen MR) is 75.8 cm³/mol. The van der Waals surface area contributed by atoms with Crippen LogP contribution in [0.25, 0.3) is 0 Å². The molecule has 0 aliphatic heterocycles. The van der Waals surface area contributed by atoms with E-state index in [0.29, 0.717) is 10.2 Å². The van der Waals surface area contributed by atoms with Gasteiger partial charge in [-0.3, -0.25) is 9.78 Å². The molecule has 0 unspecified atom stereocenters. The molecule has 102 valence electrons. The minimum Gasteiger partial charge on any atom is -0.478 e. The third-order valence-electron chi connectivity index (χ3n) is 2.47. The number of carboxylic acids is 1. The number of aromatic carboxylic acids is 1. The second-order valence-electron chi connectivity index (χ2n) is 3.99. The van der Waals surface area contributed by atoms with Gasteiger partial charge in [-0.1, -0.05) is 15.9 Å². The van der Waals surface area contributed by atoms with E-state index in [0.717, 1.165) is 0 Å². The number of aromatic nitrogens is 2. The smallest absolute Gasteiger partial charge is 0.337 e. The van der Waals surface area contributed by atoms with Crippen LogP contribution in [0.2, 0.25) is 0 Å². The van der Waals surface area contributed by atoms with Gasteiger partial charge in [0.1, 0.15) is 5.69 Å². The fourth-order valence-electron chi connectivity index (χ4n) is 1.50. The number of anilines is 1. The Kier molecular flexibility index (Phi) is 4.09. The molecule has 1 aromatic carbocycles. The molecule has 0 radical (unpaired) electrons. The molecule has 1 heterocycles. The van der Waals surface area contributed by atoms with E-state index in [2.05, 4.69) is 31.2 Å². The van der Waals surface area contributed by atoms with Crippen molar-refractivity contribution in [2.75, 3.05) is 5.32 Å². The molecule has 20 heavy (non-hydrogen) atoms. The van der Waals surface area contributed by atoms with Crippen molar-refractivity contribution in [1.29, 1.82) is 0 Å². The maximum absolute atomic E-state index is 12.0. The number of amides is 1. The van der Waals surface area contributed by atoms with E-state index >= 15 is 0 Å². The first-order valence-electron chi connectivity index (χ1n) is 5.60. The Bertz CT molecular complexity index is 671. The summed E-state index contributed by atoms with van der Waals surface area (Å²) in [5, 5.41) is 11.6. The number of carbonyl (C=O) groups is 2. The van der Waals surface area contributed by atoms with Crippen LogP contribution in [0.3, 0.4) is 0 Å². The van der Waals surface area contributed by atoms with Crippen molar-refractivity contribution in [3.63, 3.8) is 0 Å². The first-order chi connectivity index (χ1) is 9.47. The van der Waals surface area contributed by atoms with Crippen molar-refractivity contribution in [3.05, 3.63) is 52.0 Å². The Balaban J connectivity index is 2.29. The maximum atomic E-state index is 12.0. The summed E-state index contributed by atoms with van der Waals surface area (Å²) in [6.45, 7) is 1.76. The van der Waals surface area contributed by atoms with Crippen LogP contribution in [0.4, 0.5) is 5.69 Å². The van der Waals surface area contributed by atoms with E-state index < -0.39 is 11.9 Å². The normalized spacial score (nSPS) is 10.1. The molecule has 0 atom stereocenters. The molecule has 2 rings (SSSR count). The quantitative estimate of drug-likeness (QED) is 0.898. The fourth-order valence-corrected chi connectivity index (χ4v) is 1.86. The molecule has 0 bridgehead atoms. The van der Waals surface area contributed by atoms with Crippen molar-refractivity contribution >= 4 is 33.5 Å². The van der Waals surface area contributed by atoms with Crippen molar-refractivity contribution in [3.8, 4) is 0 Å². The van der Waals surface area contributed by atoms with Crippen molar-refractivity contribution in [1.82, 2.24) is 9.97 Å². The van der Waals surface area contributed by atoms with E-state index in [1.807, 2.05) is 0 Å². The molecule has 7 heteroatoms. The Morgan fingerprint density at radius 3 is 2.60 bits per heavy atom. The van der Waals surface area contributed by atoms with Crippen molar-refractivity contribution < 1.29 is 14.7 Å². The van der Waals surface area contributed by atoms with Crippen molar-refractivity contribution in [2.45, 2.75) is 6.92 Å². The van der Waals surface area contributed by atoms with Gasteiger partial charge in [0.05, 0.1) is 23.1 Å². The molecule has 0 aliphatic rings. The van der Waals surface area contributed by atoms with Gasteiger partial charge in [0.25, 0.3) is 5.91 Å². The predicted octanol–water partition coefficient (Wildman–Crippen LogP) is 2.50. The molecule has 2 aromatic rings. The fraction of sp³-hybridized carbons (Fsp3) is 0.0769. The van der Waals surface area contributed by atoms with E-state index in [4.69, 9.17) is 5.11 Å². The molecular weight excluding hydrogens is 326 g/mol. The van der Waals surface area contributed by atoms with Gasteiger partial charge >= 0.3 is 5.97 Å². The lowest BCUT2D eigenvalue weighted by atomic mass is 10.2. The van der Waals surface area contributed by atoms with Crippen LogP contribution in [0.1, 0.15) is 26.5 Å². The zero-order chi connectivity index (χ0) is 14.7. The van der Waals surface area contributed by atoms with Gasteiger partial charge < -0.3 is 10.4 Å². The van der Waals surface area contributed by atoms with Gasteiger partial charge in [-0.2, -0.15) is 0 Å². The number of benzene rings is 1. The van der Waals surface area contributed by atoms with Crippen molar-refractivity contribution in [2.24, 2.45) is 0 Å². The number of carboxylic acid groups (broad SMARTS) is 1. The third kappa shape index (κ3) is 3.18. The number of rotatable bonds is 3. The summed E-state index contributed by atoms with van der Waals surface area (Å²) in [7, 11) is 0. The highest BCUT2D eigenvalue weighted by atomic mass is 79.9. The number of halogens is 1. The summed E-state index contributed by atoms with van der Waals surface area (Å²) >= 11 is 3.23. The highest BCUT2D eigenvalue weighted by molar-refractivity contribution is 9.10. The van der Waals surface area contributed by atoms with Crippen LogP contribution in [-0.2, 0) is 0 Å². The Hall–Kier alpha value is -2.28. The number of carbonyl (C=O) groups excluding carboxylic acids is 1. The molecular formula is C13H10BrN3O3. The average Bonchev–Trinajstić information content (AvgIpc) is 2.39. The van der Waals surface area contributed by atoms with E-state index in [1.165, 1.54) is 24.5 Å². The number of hydrogen-bond acceptors (Lipinski definition) is 4. The Labute approximate surface area is 123 Å². The van der Waals surface area contributed by atoms with Crippen LogP contribution in [0.15, 0.2) is 35.1 Å². The Morgan fingerprint density at radius 2 is 2.00 bits per heavy atom. The summed E-state index contributed by atoms with van der Waals surface area (Å²) in [5.41, 5.74) is 1.00. The van der Waals surface area contributed by atoms with Gasteiger partial charge in [-0.05, 0) is 25.1 Å². The molecule has 6 nitrogen and oxygen atoms in total. The second-order valence-corrected chi connectivity index (χ2v) is 4.91. The largest absolute Gasteiger partial charge is 0.478 e. The first kappa shape index (κ1) is 14.1. The van der Waals surface area contributed by atoms with E-state index in [1.54, 1.807) is 13.0 Å². The van der Waals surface area contributed by atoms with Crippen LogP contribution in [-0.4, -0.2) is 27.0 Å². The zero-order valence-electron chi connectivity index (χ0n) is 10.4. The minimum absolute atomic E-state index is 0.00150. The van der Waals surface area contributed by atoms with Gasteiger partial charge in [-0.25, -0.2) is 9.78 Å². The van der Waals surface area contributed by atoms with Gasteiger partial charge in [0.15, 0.2) is 0 Å². The van der Waals surface area contributed by atoms with Crippen LogP contribution < -0.4 is 5.32 Å². The molecule has 1 aromatic heterocycles. The second kappa shape index (κ2) is 5.79. The summed E-state index contributed by atoms with van der Waals surface area (Å²) in [4.78, 5) is 31.0. The van der Waals surface area contributed by atoms with Crippen LogP contribution >= 0.6 is 15.9 Å². The Morgan fingerprint density at radius 1 is 1.25 bits per heavy atom. The zero-order valence-corrected chi connectivity index (χ0v) is 12.0. The maximum Gasteiger partial charge on any atom is 0.337 e. The first-order valence-corrected chi connectivity index (χ1v) is 6.39. The molecule has 0 saturated carbocycles. The van der Waals surface area contributed by atoms with Gasteiger partial charge in [0.2, 0.25) is 0 Å². The summed E-state index contributed by atoms with van der Waals surface area (Å²) in [5.74, 6) is -1.64. The SMILES string of the molecule is Cc1cnc(C(=O)Nc2cc(Br)ccc2C(=O)O)cn1. The molecule has 0 aliphatic carbocycles. The summed E-state index contributed by atoms with van der Waals surface area (Å²) in [6, 6.07) is 4.51. The number of aryl methyl sites for hydroxylation is 1. The lowest BCUT2D eigenvalue weighted by molar-refractivity contribution is 0.0698. The van der Waals surface area contributed by atoms with E-state index in [9.17, 15) is 9.59 Å². The van der Waals surface area contributed by atoms with Crippen LogP contribution in [0.5, 0.6) is 0 Å². The minimum atomic E-state index is -1.12. The summed E-state index contributed by atoms with van der Waals surface area (Å²) in [6.07, 6.45) is 2.80. The number of nitrogens with one attached hydrogen (secondary N) is 1. The molecule has 2 N–H and O–H groups in total. The molecule has 0 saturated heterocycles. The monoisotopic (exact) mass is 335 g/mol. The number of hydrogen-bond donors (Lipinski definition) is 2. The van der Waals surface area contributed by atoms with Gasteiger partial charge in [-0.15, -0.1) is 0 Å². The highest BCUT2D eigenvalue weighted by Gasteiger charge is 2.14. The number of nitrogens with zero attached hydrogens (tertiary/aromatic N) is 2. The molecule has 1 amide bonds. The molecule has 0 fully saturated rings. The standard InChI is InChI=1S/C13H10BrN3O3/c1-7-5-16-11(6-15-7)12(18)17-10-4-8(14)2-3-9(10)13(19)20/h2-6H,1H3,(H,17,18)(H,19,20). The van der Waals surface area contributed by atoms with Gasteiger partial charge in [0, 0.05) is 10.7 Å². The topological polar surface area (TPSA) is 92.2 Å². The highest BCUT2D eigenvalue weighted by Crippen LogP contribution is 2.22. The molecule has 0 spiro atoms. The van der Waals surface area contributed by atoms with Crippen LogP contribution in [0, 0.1) is 6.92 Å².